The molecule has 0 aliphatic rings. The van der Waals surface area contributed by atoms with E-state index in [1.165, 1.54) is 6.42 Å². The molecule has 66 valence electrons. The van der Waals surface area contributed by atoms with Crippen molar-refractivity contribution in [2.75, 3.05) is 6.54 Å². The topological polar surface area (TPSA) is 12.0 Å². The van der Waals surface area contributed by atoms with Crippen molar-refractivity contribution < 1.29 is 0 Å². The second-order valence-electron chi connectivity index (χ2n) is 3.92. The highest BCUT2D eigenvalue weighted by molar-refractivity contribution is 4.83. The van der Waals surface area contributed by atoms with Gasteiger partial charge >= 0.3 is 0 Å². The number of rotatable bonds is 5. The molecule has 11 heavy (non-hydrogen) atoms. The Morgan fingerprint density at radius 3 is 2.45 bits per heavy atom. The average molecular weight is 155 g/mol. The van der Waals surface area contributed by atoms with Gasteiger partial charge in [-0.1, -0.05) is 26.8 Å². The van der Waals surface area contributed by atoms with Crippen LogP contribution in [0.2, 0.25) is 0 Å². The highest BCUT2D eigenvalue weighted by Crippen LogP contribution is 2.17. The maximum Gasteiger partial charge on any atom is 0.0219 e. The first-order chi connectivity index (χ1) is 5.02. The molecule has 0 saturated carbocycles. The zero-order valence-corrected chi connectivity index (χ0v) is 8.28. The van der Waals surface area contributed by atoms with Crippen LogP contribution >= 0.6 is 0 Å². The first kappa shape index (κ1) is 10.7. The van der Waals surface area contributed by atoms with Gasteiger partial charge < -0.3 is 5.32 Å². The molecule has 0 aromatic rings. The Morgan fingerprint density at radius 1 is 1.55 bits per heavy atom. The number of hydrogen-bond acceptors (Lipinski definition) is 1. The molecule has 0 radical (unpaired) electrons. The predicted molar refractivity (Wildman–Crippen MR) is 51.7 cm³/mol. The van der Waals surface area contributed by atoms with E-state index >= 15 is 0 Å². The SMILES string of the molecule is C=CC(C)NCC(C)(C)CC. The van der Waals surface area contributed by atoms with E-state index in [0.29, 0.717) is 11.5 Å². The molecule has 0 aliphatic carbocycles. The molecule has 0 spiro atoms. The Morgan fingerprint density at radius 2 is 2.09 bits per heavy atom. The zero-order valence-electron chi connectivity index (χ0n) is 8.28. The van der Waals surface area contributed by atoms with E-state index in [2.05, 4.69) is 39.6 Å². The number of nitrogens with one attached hydrogen (secondary N) is 1. The van der Waals surface area contributed by atoms with E-state index < -0.39 is 0 Å². The summed E-state index contributed by atoms with van der Waals surface area (Å²) in [5, 5.41) is 3.41. The monoisotopic (exact) mass is 155 g/mol. The van der Waals surface area contributed by atoms with Crippen LogP contribution in [-0.2, 0) is 0 Å². The number of hydrogen-bond donors (Lipinski definition) is 1. The zero-order chi connectivity index (χ0) is 8.91. The van der Waals surface area contributed by atoms with Crippen LogP contribution in [0.15, 0.2) is 12.7 Å². The van der Waals surface area contributed by atoms with Gasteiger partial charge in [0.2, 0.25) is 0 Å². The summed E-state index contributed by atoms with van der Waals surface area (Å²) < 4.78 is 0. The Hall–Kier alpha value is -0.300. The third-order valence-electron chi connectivity index (χ3n) is 2.21. The van der Waals surface area contributed by atoms with E-state index in [0.717, 1.165) is 6.54 Å². The summed E-state index contributed by atoms with van der Waals surface area (Å²) in [6.07, 6.45) is 3.15. The van der Waals surface area contributed by atoms with Gasteiger partial charge in [0, 0.05) is 12.6 Å². The molecule has 1 N–H and O–H groups in total. The Bertz CT molecular complexity index is 116. The summed E-state index contributed by atoms with van der Waals surface area (Å²) in [6, 6.07) is 0.431. The molecule has 0 bridgehead atoms. The molecule has 0 aromatic heterocycles. The molecule has 0 rings (SSSR count). The van der Waals surface area contributed by atoms with Gasteiger partial charge in [0.1, 0.15) is 0 Å². The van der Waals surface area contributed by atoms with Gasteiger partial charge in [0.25, 0.3) is 0 Å². The van der Waals surface area contributed by atoms with Crippen LogP contribution in [0.4, 0.5) is 0 Å². The summed E-state index contributed by atoms with van der Waals surface area (Å²) in [6.45, 7) is 13.7. The van der Waals surface area contributed by atoms with Crippen molar-refractivity contribution >= 4 is 0 Å². The van der Waals surface area contributed by atoms with Crippen molar-refractivity contribution in [1.29, 1.82) is 0 Å². The smallest absolute Gasteiger partial charge is 0.0219 e. The molecular weight excluding hydrogens is 134 g/mol. The van der Waals surface area contributed by atoms with Gasteiger partial charge in [0.15, 0.2) is 0 Å². The average Bonchev–Trinajstić information content (AvgIpc) is 2.00. The van der Waals surface area contributed by atoms with Gasteiger partial charge in [-0.15, -0.1) is 6.58 Å². The van der Waals surface area contributed by atoms with E-state index in [1.54, 1.807) is 0 Å². The molecule has 1 atom stereocenters. The molecule has 0 saturated heterocycles. The normalized spacial score (nSPS) is 14.5. The fourth-order valence-corrected chi connectivity index (χ4v) is 0.646. The maximum atomic E-state index is 3.72. The molecule has 1 heteroatoms. The highest BCUT2D eigenvalue weighted by atomic mass is 14.9. The predicted octanol–water partition coefficient (Wildman–Crippen LogP) is 2.59. The Balaban J connectivity index is 3.60. The van der Waals surface area contributed by atoms with Crippen LogP contribution in [0.3, 0.4) is 0 Å². The summed E-state index contributed by atoms with van der Waals surface area (Å²) >= 11 is 0. The van der Waals surface area contributed by atoms with Crippen molar-refractivity contribution in [2.45, 2.75) is 40.2 Å². The van der Waals surface area contributed by atoms with Crippen molar-refractivity contribution in [3.05, 3.63) is 12.7 Å². The second kappa shape index (κ2) is 4.55. The van der Waals surface area contributed by atoms with Crippen LogP contribution in [0.5, 0.6) is 0 Å². The van der Waals surface area contributed by atoms with Gasteiger partial charge in [-0.25, -0.2) is 0 Å². The van der Waals surface area contributed by atoms with Crippen LogP contribution in [0.25, 0.3) is 0 Å². The van der Waals surface area contributed by atoms with Crippen LogP contribution in [0, 0.1) is 5.41 Å². The quantitative estimate of drug-likeness (QED) is 0.602. The van der Waals surface area contributed by atoms with Gasteiger partial charge in [0.05, 0.1) is 0 Å². The maximum absolute atomic E-state index is 3.72. The van der Waals surface area contributed by atoms with Gasteiger partial charge in [-0.05, 0) is 18.8 Å². The van der Waals surface area contributed by atoms with E-state index in [4.69, 9.17) is 0 Å². The molecule has 0 aromatic carbocycles. The lowest BCUT2D eigenvalue weighted by Crippen LogP contribution is -2.33. The molecule has 1 unspecified atom stereocenters. The van der Waals surface area contributed by atoms with Gasteiger partial charge in [-0.3, -0.25) is 0 Å². The van der Waals surface area contributed by atoms with E-state index in [1.807, 2.05) is 6.08 Å². The first-order valence-electron chi connectivity index (χ1n) is 4.38. The van der Waals surface area contributed by atoms with Crippen LogP contribution in [-0.4, -0.2) is 12.6 Å². The molecule has 0 fully saturated rings. The minimum absolute atomic E-state index is 0.414. The largest absolute Gasteiger partial charge is 0.310 e. The summed E-state index contributed by atoms with van der Waals surface area (Å²) in [4.78, 5) is 0. The minimum atomic E-state index is 0.414. The Labute approximate surface area is 70.9 Å². The van der Waals surface area contributed by atoms with Crippen LogP contribution in [0.1, 0.15) is 34.1 Å². The van der Waals surface area contributed by atoms with E-state index in [9.17, 15) is 0 Å². The third-order valence-corrected chi connectivity index (χ3v) is 2.21. The lowest BCUT2D eigenvalue weighted by Gasteiger charge is -2.24. The van der Waals surface area contributed by atoms with Gasteiger partial charge in [-0.2, -0.15) is 0 Å². The fraction of sp³-hybridized carbons (Fsp3) is 0.800. The fourth-order valence-electron chi connectivity index (χ4n) is 0.646. The van der Waals surface area contributed by atoms with E-state index in [-0.39, 0.29) is 0 Å². The lowest BCUT2D eigenvalue weighted by atomic mass is 9.90. The van der Waals surface area contributed by atoms with Crippen molar-refractivity contribution in [2.24, 2.45) is 5.41 Å². The molecule has 1 nitrogen and oxygen atoms in total. The summed E-state index contributed by atoms with van der Waals surface area (Å²) in [7, 11) is 0. The van der Waals surface area contributed by atoms with Crippen LogP contribution < -0.4 is 5.32 Å². The molecule has 0 amide bonds. The third kappa shape index (κ3) is 5.02. The van der Waals surface area contributed by atoms with Crippen molar-refractivity contribution in [1.82, 2.24) is 5.32 Å². The molecule has 0 heterocycles. The second-order valence-corrected chi connectivity index (χ2v) is 3.92. The van der Waals surface area contributed by atoms with Crippen molar-refractivity contribution in [3.8, 4) is 0 Å². The summed E-state index contributed by atoms with van der Waals surface area (Å²) in [5.74, 6) is 0. The summed E-state index contributed by atoms with van der Waals surface area (Å²) in [5.41, 5.74) is 0.414. The highest BCUT2D eigenvalue weighted by Gasteiger charge is 2.14. The Kier molecular flexibility index (Phi) is 4.43. The minimum Gasteiger partial charge on any atom is -0.310 e. The molecule has 0 aliphatic heterocycles. The van der Waals surface area contributed by atoms with Crippen molar-refractivity contribution in [3.63, 3.8) is 0 Å². The lowest BCUT2D eigenvalue weighted by molar-refractivity contribution is 0.322. The molecular formula is C10H21N. The first-order valence-corrected chi connectivity index (χ1v) is 4.38. The standard InChI is InChI=1S/C10H21N/c1-6-9(3)11-8-10(4,5)7-2/h6,9,11H,1,7-8H2,2-5H3.